The third kappa shape index (κ3) is 5.15. The van der Waals surface area contributed by atoms with Crippen molar-refractivity contribution < 1.29 is 0 Å². The van der Waals surface area contributed by atoms with Crippen molar-refractivity contribution in [2.24, 2.45) is 10.8 Å². The Morgan fingerprint density at radius 2 is 2.07 bits per heavy atom. The van der Waals surface area contributed by atoms with Crippen LogP contribution in [0.2, 0.25) is 0 Å². The summed E-state index contributed by atoms with van der Waals surface area (Å²) in [6.45, 7) is 0. The van der Waals surface area contributed by atoms with Crippen molar-refractivity contribution in [2.45, 2.75) is 0 Å². The van der Waals surface area contributed by atoms with Crippen LogP contribution in [0.1, 0.15) is 5.56 Å². The molecule has 0 saturated heterocycles. The summed E-state index contributed by atoms with van der Waals surface area (Å²) in [5, 5.41) is 10.6. The summed E-state index contributed by atoms with van der Waals surface area (Å²) in [6.07, 6.45) is 1.58. The number of halogens is 3. The molecule has 1 rings (SSSR count). The number of hydrogen-bond donors (Lipinski definition) is 3. The molecule has 0 amide bonds. The molecule has 0 fully saturated rings. The first kappa shape index (κ1) is 14.4. The number of nitrogens with zero attached hydrogens (tertiary/aromatic N) is 1. The van der Waals surface area contributed by atoms with Gasteiger partial charge in [0.25, 0.3) is 0 Å². The zero-order valence-corrected chi connectivity index (χ0v) is 11.5. The number of rotatable bonds is 2. The Bertz CT molecular complexity index is 381. The van der Waals surface area contributed by atoms with Crippen LogP contribution in [0.5, 0.6) is 0 Å². The lowest BCUT2D eigenvalue weighted by atomic mass is 10.2. The number of hydrazone groups is 1. The van der Waals surface area contributed by atoms with Gasteiger partial charge in [0.05, 0.1) is 6.21 Å². The molecule has 15 heavy (non-hydrogen) atoms. The van der Waals surface area contributed by atoms with Crippen molar-refractivity contribution >= 4 is 56.4 Å². The average Bonchev–Trinajstić information content (AvgIpc) is 2.10. The minimum atomic E-state index is -0.183. The molecule has 0 bridgehead atoms. The Morgan fingerprint density at radius 1 is 1.40 bits per heavy atom. The van der Waals surface area contributed by atoms with Gasteiger partial charge in [0.15, 0.2) is 0 Å². The number of hydrogen-bond acceptors (Lipinski definition) is 2. The predicted molar refractivity (Wildman–Crippen MR) is 71.7 cm³/mol. The van der Waals surface area contributed by atoms with Gasteiger partial charge in [-0.1, -0.05) is 6.07 Å². The molecule has 0 saturated carbocycles. The first-order valence-corrected chi connectivity index (χ1v) is 5.26. The maximum atomic E-state index is 6.87. The fourth-order valence-corrected chi connectivity index (χ4v) is 1.41. The summed E-state index contributed by atoms with van der Waals surface area (Å²) in [5.74, 6) is -0.183. The lowest BCUT2D eigenvalue weighted by Crippen LogP contribution is -2.25. The van der Waals surface area contributed by atoms with Gasteiger partial charge < -0.3 is 5.73 Å². The van der Waals surface area contributed by atoms with E-state index in [-0.39, 0.29) is 18.4 Å². The van der Waals surface area contributed by atoms with Crippen molar-refractivity contribution in [3.8, 4) is 0 Å². The maximum Gasteiger partial charge on any atom is 0.206 e. The Hall–Kier alpha value is -0.590. The predicted octanol–water partition coefficient (Wildman–Crippen LogP) is 2.45. The Kier molecular flexibility index (Phi) is 6.55. The summed E-state index contributed by atoms with van der Waals surface area (Å²) in [4.78, 5) is 0. The van der Waals surface area contributed by atoms with Crippen LogP contribution in [0.3, 0.4) is 0 Å². The second-order valence-electron chi connectivity index (χ2n) is 2.46. The van der Waals surface area contributed by atoms with E-state index in [4.69, 9.17) is 11.1 Å². The molecule has 0 aliphatic rings. The van der Waals surface area contributed by atoms with E-state index in [0.717, 1.165) is 14.5 Å². The molecular weight excluding hydrogens is 347 g/mol. The minimum absolute atomic E-state index is 0. The lowest BCUT2D eigenvalue weighted by Gasteiger charge is -1.98. The van der Waals surface area contributed by atoms with Crippen LogP contribution in [0.15, 0.2) is 32.2 Å². The highest BCUT2D eigenvalue weighted by Gasteiger charge is 1.95. The lowest BCUT2D eigenvalue weighted by molar-refractivity contribution is 1.00. The van der Waals surface area contributed by atoms with Crippen LogP contribution in [0, 0.1) is 5.41 Å². The fraction of sp³-hybridized carbons (Fsp3) is 0. The van der Waals surface area contributed by atoms with E-state index in [1.165, 1.54) is 0 Å². The zero-order valence-electron chi connectivity index (χ0n) is 7.50. The molecule has 82 valence electrons. The molecule has 0 heterocycles. The Morgan fingerprint density at radius 3 is 2.60 bits per heavy atom. The van der Waals surface area contributed by atoms with Gasteiger partial charge in [-0.3, -0.25) is 5.41 Å². The van der Waals surface area contributed by atoms with E-state index in [0.29, 0.717) is 0 Å². The van der Waals surface area contributed by atoms with Crippen LogP contribution < -0.4 is 11.2 Å². The quantitative estimate of drug-likeness (QED) is 0.433. The molecule has 0 atom stereocenters. The molecule has 1 aromatic rings. The van der Waals surface area contributed by atoms with Crippen LogP contribution in [0.25, 0.3) is 0 Å². The first-order chi connectivity index (χ1) is 6.59. The third-order valence-electron chi connectivity index (χ3n) is 1.34. The second-order valence-corrected chi connectivity index (χ2v) is 4.17. The summed E-state index contributed by atoms with van der Waals surface area (Å²) in [5.41, 5.74) is 8.29. The summed E-state index contributed by atoms with van der Waals surface area (Å²) < 4.78 is 1.93. The summed E-state index contributed by atoms with van der Waals surface area (Å²) in [7, 11) is 0. The van der Waals surface area contributed by atoms with Gasteiger partial charge in [-0.15, -0.1) is 12.4 Å². The van der Waals surface area contributed by atoms with Gasteiger partial charge in [-0.25, -0.2) is 5.43 Å². The molecule has 0 radical (unpaired) electrons. The Labute approximate surface area is 110 Å². The van der Waals surface area contributed by atoms with Gasteiger partial charge in [0.1, 0.15) is 0 Å². The molecule has 0 unspecified atom stereocenters. The topological polar surface area (TPSA) is 74.3 Å². The molecule has 4 N–H and O–H groups in total. The molecule has 7 heteroatoms. The molecule has 1 aromatic carbocycles. The molecule has 4 nitrogen and oxygen atoms in total. The van der Waals surface area contributed by atoms with Crippen LogP contribution in [-0.2, 0) is 0 Å². The van der Waals surface area contributed by atoms with E-state index < -0.39 is 0 Å². The third-order valence-corrected chi connectivity index (χ3v) is 3.22. The van der Waals surface area contributed by atoms with Gasteiger partial charge >= 0.3 is 0 Å². The van der Waals surface area contributed by atoms with Crippen LogP contribution in [-0.4, -0.2) is 12.2 Å². The van der Waals surface area contributed by atoms with Gasteiger partial charge in [0.2, 0.25) is 5.96 Å². The van der Waals surface area contributed by atoms with Crippen molar-refractivity contribution in [1.29, 1.82) is 5.41 Å². The smallest absolute Gasteiger partial charge is 0.206 e. The van der Waals surface area contributed by atoms with Crippen LogP contribution >= 0.6 is 44.3 Å². The SMILES string of the molecule is Cl.N=C(N)N/N=C/c1ccc(Br)c(Br)c1. The van der Waals surface area contributed by atoms with E-state index in [9.17, 15) is 0 Å². The van der Waals surface area contributed by atoms with Crippen LogP contribution in [0.4, 0.5) is 0 Å². The monoisotopic (exact) mass is 354 g/mol. The zero-order chi connectivity index (χ0) is 10.6. The molecule has 0 aliphatic carbocycles. The molecule has 0 spiro atoms. The van der Waals surface area contributed by atoms with E-state index >= 15 is 0 Å². The van der Waals surface area contributed by atoms with E-state index in [1.54, 1.807) is 6.21 Å². The Balaban J connectivity index is 0.00000196. The van der Waals surface area contributed by atoms with Gasteiger partial charge in [-0.05, 0) is 49.6 Å². The van der Waals surface area contributed by atoms with E-state index in [1.807, 2.05) is 18.2 Å². The number of nitrogens with one attached hydrogen (secondary N) is 2. The van der Waals surface area contributed by atoms with Gasteiger partial charge in [-0.2, -0.15) is 5.10 Å². The highest BCUT2D eigenvalue weighted by Crippen LogP contribution is 2.22. The summed E-state index contributed by atoms with van der Waals surface area (Å²) in [6, 6.07) is 5.69. The van der Waals surface area contributed by atoms with Crippen molar-refractivity contribution in [3.63, 3.8) is 0 Å². The van der Waals surface area contributed by atoms with Crippen molar-refractivity contribution in [1.82, 2.24) is 5.43 Å². The second kappa shape index (κ2) is 6.81. The van der Waals surface area contributed by atoms with Crippen molar-refractivity contribution in [2.75, 3.05) is 0 Å². The molecule has 0 aromatic heterocycles. The normalized spacial score (nSPS) is 9.73. The highest BCUT2D eigenvalue weighted by atomic mass is 79.9. The summed E-state index contributed by atoms with van der Waals surface area (Å²) >= 11 is 6.73. The van der Waals surface area contributed by atoms with Crippen molar-refractivity contribution in [3.05, 3.63) is 32.7 Å². The first-order valence-electron chi connectivity index (χ1n) is 3.68. The average molecular weight is 356 g/mol. The number of guanidine groups is 1. The molecule has 0 aliphatic heterocycles. The minimum Gasteiger partial charge on any atom is -0.369 e. The maximum absolute atomic E-state index is 6.87. The number of benzene rings is 1. The van der Waals surface area contributed by atoms with E-state index in [2.05, 4.69) is 42.4 Å². The largest absolute Gasteiger partial charge is 0.369 e. The number of nitrogens with two attached hydrogens (primary N) is 1. The highest BCUT2D eigenvalue weighted by molar-refractivity contribution is 9.13. The van der Waals surface area contributed by atoms with Gasteiger partial charge in [0, 0.05) is 8.95 Å². The standard InChI is InChI=1S/C8H8Br2N4.ClH/c9-6-2-1-5(3-7(6)10)4-13-14-8(11)12;/h1-4H,(H4,11,12,14);1H/b13-4+;. The molecular formula is C8H9Br2ClN4. The fourth-order valence-electron chi connectivity index (χ4n) is 0.769.